The Labute approximate surface area is 186 Å². The van der Waals surface area contributed by atoms with Gasteiger partial charge in [0.1, 0.15) is 18.4 Å². The standard InChI is InChI=1S/C20H23F3N4O6/c1-10(25-17(31)11-4-5-14(24)13(7-11)20(21,22)23)19(33)27-6-2-3-15(27)18(32)26-12(9-28)8-16(29)30/h4-5,7,9-10,12,15H,2-3,6,8,24H2,1H3,(H,25,31)(H,26,32)(H,29,30). The van der Waals surface area contributed by atoms with Crippen molar-refractivity contribution in [2.75, 3.05) is 12.3 Å². The van der Waals surface area contributed by atoms with Crippen molar-refractivity contribution in [2.45, 2.75) is 50.5 Å². The Morgan fingerprint density at radius 3 is 2.52 bits per heavy atom. The average molecular weight is 472 g/mol. The topological polar surface area (TPSA) is 159 Å². The number of alkyl halides is 3. The number of rotatable bonds is 8. The zero-order valence-corrected chi connectivity index (χ0v) is 17.5. The van der Waals surface area contributed by atoms with Crippen LogP contribution in [0.3, 0.4) is 0 Å². The summed E-state index contributed by atoms with van der Waals surface area (Å²) in [5.41, 5.74) is 3.23. The third-order valence-corrected chi connectivity index (χ3v) is 5.06. The van der Waals surface area contributed by atoms with Gasteiger partial charge in [-0.2, -0.15) is 13.2 Å². The van der Waals surface area contributed by atoms with Gasteiger partial charge < -0.3 is 31.2 Å². The van der Waals surface area contributed by atoms with E-state index in [9.17, 15) is 37.1 Å². The van der Waals surface area contributed by atoms with E-state index in [4.69, 9.17) is 10.8 Å². The van der Waals surface area contributed by atoms with Gasteiger partial charge in [-0.1, -0.05) is 0 Å². The minimum atomic E-state index is -4.77. The van der Waals surface area contributed by atoms with Gasteiger partial charge in [-0.15, -0.1) is 0 Å². The minimum Gasteiger partial charge on any atom is -0.481 e. The molecule has 0 bridgehead atoms. The van der Waals surface area contributed by atoms with Crippen LogP contribution >= 0.6 is 0 Å². The molecule has 1 aromatic rings. The third kappa shape index (κ3) is 6.43. The number of carbonyl (C=O) groups excluding carboxylic acids is 4. The highest BCUT2D eigenvalue weighted by molar-refractivity contribution is 5.99. The monoisotopic (exact) mass is 472 g/mol. The molecular weight excluding hydrogens is 449 g/mol. The number of aliphatic carboxylic acids is 1. The maximum absolute atomic E-state index is 13.0. The van der Waals surface area contributed by atoms with Crippen LogP contribution < -0.4 is 16.4 Å². The first kappa shape index (κ1) is 25.6. The predicted molar refractivity (Wildman–Crippen MR) is 108 cm³/mol. The summed E-state index contributed by atoms with van der Waals surface area (Å²) in [7, 11) is 0. The fourth-order valence-electron chi connectivity index (χ4n) is 3.44. The Morgan fingerprint density at radius 1 is 1.27 bits per heavy atom. The van der Waals surface area contributed by atoms with Crippen LogP contribution in [0.5, 0.6) is 0 Å². The second-order valence-corrected chi connectivity index (χ2v) is 7.53. The molecule has 0 saturated carbocycles. The average Bonchev–Trinajstić information content (AvgIpc) is 3.21. The van der Waals surface area contributed by atoms with Crippen LogP contribution in [-0.2, 0) is 25.4 Å². The Balaban J connectivity index is 2.08. The number of halogens is 3. The number of carboxylic acids is 1. The predicted octanol–water partition coefficient (Wildman–Crippen LogP) is 0.555. The summed E-state index contributed by atoms with van der Waals surface area (Å²) in [5, 5.41) is 13.3. The lowest BCUT2D eigenvalue weighted by molar-refractivity contribution is -0.141. The highest BCUT2D eigenvalue weighted by Gasteiger charge is 2.38. The number of hydrogen-bond donors (Lipinski definition) is 4. The van der Waals surface area contributed by atoms with Gasteiger partial charge in [-0.25, -0.2) is 0 Å². The molecule has 10 nitrogen and oxygen atoms in total. The number of carboxylic acid groups (broad SMARTS) is 1. The summed E-state index contributed by atoms with van der Waals surface area (Å²) >= 11 is 0. The quantitative estimate of drug-likeness (QED) is 0.318. The second kappa shape index (κ2) is 10.3. The summed E-state index contributed by atoms with van der Waals surface area (Å²) in [6, 6.07) is -0.828. The number of hydrogen-bond acceptors (Lipinski definition) is 6. The molecule has 1 aromatic carbocycles. The first-order valence-electron chi connectivity index (χ1n) is 9.90. The smallest absolute Gasteiger partial charge is 0.418 e. The Morgan fingerprint density at radius 2 is 1.94 bits per heavy atom. The van der Waals surface area contributed by atoms with Gasteiger partial charge in [0.2, 0.25) is 11.8 Å². The van der Waals surface area contributed by atoms with Gasteiger partial charge in [0, 0.05) is 17.8 Å². The number of nitrogen functional groups attached to an aromatic ring is 1. The summed E-state index contributed by atoms with van der Waals surface area (Å²) in [4.78, 5) is 60.6. The minimum absolute atomic E-state index is 0.169. The molecule has 33 heavy (non-hydrogen) atoms. The molecule has 180 valence electrons. The second-order valence-electron chi connectivity index (χ2n) is 7.53. The van der Waals surface area contributed by atoms with Crippen LogP contribution in [0.4, 0.5) is 18.9 Å². The molecule has 1 saturated heterocycles. The largest absolute Gasteiger partial charge is 0.481 e. The van der Waals surface area contributed by atoms with Crippen LogP contribution in [0.25, 0.3) is 0 Å². The first-order chi connectivity index (χ1) is 15.3. The summed E-state index contributed by atoms with van der Waals surface area (Å²) in [5.74, 6) is -3.61. The van der Waals surface area contributed by atoms with Gasteiger partial charge >= 0.3 is 12.1 Å². The van der Waals surface area contributed by atoms with Crippen LogP contribution in [0, 0.1) is 0 Å². The third-order valence-electron chi connectivity index (χ3n) is 5.06. The number of nitrogens with zero attached hydrogens (tertiary/aromatic N) is 1. The molecule has 0 aliphatic carbocycles. The lowest BCUT2D eigenvalue weighted by Crippen LogP contribution is -2.54. The Hall–Kier alpha value is -3.64. The van der Waals surface area contributed by atoms with Gasteiger partial charge in [0.25, 0.3) is 5.91 Å². The van der Waals surface area contributed by atoms with E-state index in [2.05, 4.69) is 10.6 Å². The zero-order chi connectivity index (χ0) is 24.9. The van der Waals surface area contributed by atoms with E-state index in [1.54, 1.807) is 0 Å². The van der Waals surface area contributed by atoms with Crippen molar-refractivity contribution in [1.82, 2.24) is 15.5 Å². The number of aldehydes is 1. The lowest BCUT2D eigenvalue weighted by atomic mass is 10.1. The van der Waals surface area contributed by atoms with Crippen LogP contribution in [-0.4, -0.2) is 64.7 Å². The normalized spacial score (nSPS) is 17.7. The van der Waals surface area contributed by atoms with E-state index in [1.165, 1.54) is 11.8 Å². The maximum atomic E-state index is 13.0. The molecule has 1 aliphatic heterocycles. The molecular formula is C20H23F3N4O6. The van der Waals surface area contributed by atoms with Crippen molar-refractivity contribution in [3.05, 3.63) is 29.3 Å². The van der Waals surface area contributed by atoms with Gasteiger partial charge in [0.15, 0.2) is 0 Å². The Kier molecular flexibility index (Phi) is 8.01. The van der Waals surface area contributed by atoms with Crippen molar-refractivity contribution in [1.29, 1.82) is 0 Å². The first-order valence-corrected chi connectivity index (χ1v) is 9.90. The van der Waals surface area contributed by atoms with Gasteiger partial charge in [-0.05, 0) is 38.0 Å². The summed E-state index contributed by atoms with van der Waals surface area (Å²) < 4.78 is 39.1. The summed E-state index contributed by atoms with van der Waals surface area (Å²) in [6.45, 7) is 1.48. The molecule has 1 aliphatic rings. The van der Waals surface area contributed by atoms with E-state index >= 15 is 0 Å². The number of benzene rings is 1. The molecule has 2 rings (SSSR count). The van der Waals surface area contributed by atoms with E-state index < -0.39 is 65.7 Å². The molecule has 3 amide bonds. The SMILES string of the molecule is CC(NC(=O)c1ccc(N)c(C(F)(F)F)c1)C(=O)N1CCCC1C(=O)NC(C=O)CC(=O)O. The molecule has 13 heteroatoms. The number of carbonyl (C=O) groups is 5. The van der Waals surface area contributed by atoms with Crippen molar-refractivity contribution >= 4 is 35.7 Å². The molecule has 0 spiro atoms. The number of anilines is 1. The van der Waals surface area contributed by atoms with Crippen molar-refractivity contribution in [3.8, 4) is 0 Å². The van der Waals surface area contributed by atoms with E-state index in [0.29, 0.717) is 12.5 Å². The molecule has 0 aromatic heterocycles. The highest BCUT2D eigenvalue weighted by Crippen LogP contribution is 2.34. The molecule has 1 fully saturated rings. The van der Waals surface area contributed by atoms with Crippen molar-refractivity contribution in [3.63, 3.8) is 0 Å². The highest BCUT2D eigenvalue weighted by atomic mass is 19.4. The molecule has 3 atom stereocenters. The van der Waals surface area contributed by atoms with Gasteiger partial charge in [0.05, 0.1) is 18.0 Å². The Bertz CT molecular complexity index is 952. The fraction of sp³-hybridized carbons (Fsp3) is 0.450. The van der Waals surface area contributed by atoms with E-state index in [0.717, 1.165) is 12.1 Å². The number of likely N-dealkylation sites (tertiary alicyclic amines) is 1. The van der Waals surface area contributed by atoms with Crippen molar-refractivity contribution in [2.24, 2.45) is 0 Å². The molecule has 0 radical (unpaired) electrons. The van der Waals surface area contributed by atoms with Gasteiger partial charge in [-0.3, -0.25) is 19.2 Å². The van der Waals surface area contributed by atoms with Crippen molar-refractivity contribution < 1.29 is 42.3 Å². The number of nitrogens with one attached hydrogen (secondary N) is 2. The number of amides is 3. The lowest BCUT2D eigenvalue weighted by Gasteiger charge is -2.28. The van der Waals surface area contributed by atoms with E-state index in [1.807, 2.05) is 0 Å². The zero-order valence-electron chi connectivity index (χ0n) is 17.5. The van der Waals surface area contributed by atoms with Crippen LogP contribution in [0.15, 0.2) is 18.2 Å². The molecule has 1 heterocycles. The van der Waals surface area contributed by atoms with E-state index in [-0.39, 0.29) is 24.8 Å². The summed E-state index contributed by atoms with van der Waals surface area (Å²) in [6.07, 6.45) is -4.41. The van der Waals surface area contributed by atoms with Crippen LogP contribution in [0.1, 0.15) is 42.1 Å². The fourth-order valence-corrected chi connectivity index (χ4v) is 3.44. The number of nitrogens with two attached hydrogens (primary N) is 1. The maximum Gasteiger partial charge on any atom is 0.418 e. The molecule has 3 unspecified atom stereocenters. The van der Waals surface area contributed by atoms with Crippen LogP contribution in [0.2, 0.25) is 0 Å². The molecule has 5 N–H and O–H groups in total.